The summed E-state index contributed by atoms with van der Waals surface area (Å²) in [6.45, 7) is 4.32. The maximum absolute atomic E-state index is 13.1. The predicted octanol–water partition coefficient (Wildman–Crippen LogP) is 3.83. The van der Waals surface area contributed by atoms with Gasteiger partial charge in [-0.25, -0.2) is 4.39 Å². The Morgan fingerprint density at radius 1 is 1.35 bits per heavy atom. The SMILES string of the molecule is CNC(c1ccc(F)cc1C)C1CCC(C)C1. The van der Waals surface area contributed by atoms with Crippen molar-refractivity contribution in [2.45, 2.75) is 39.2 Å². The van der Waals surface area contributed by atoms with Crippen molar-refractivity contribution in [2.75, 3.05) is 7.05 Å². The molecule has 1 aliphatic rings. The molecule has 1 saturated carbocycles. The Bertz CT molecular complexity index is 389. The van der Waals surface area contributed by atoms with E-state index in [9.17, 15) is 4.39 Å². The lowest BCUT2D eigenvalue weighted by molar-refractivity contribution is 0.378. The lowest BCUT2D eigenvalue weighted by Crippen LogP contribution is -2.24. The fourth-order valence-corrected chi connectivity index (χ4v) is 3.19. The second-order valence-corrected chi connectivity index (χ2v) is 5.45. The van der Waals surface area contributed by atoms with Gasteiger partial charge in [-0.3, -0.25) is 0 Å². The minimum absolute atomic E-state index is 0.138. The topological polar surface area (TPSA) is 12.0 Å². The van der Waals surface area contributed by atoms with Gasteiger partial charge in [-0.1, -0.05) is 19.4 Å². The molecule has 0 spiro atoms. The number of hydrogen-bond acceptors (Lipinski definition) is 1. The van der Waals surface area contributed by atoms with Crippen LogP contribution in [0.1, 0.15) is 43.4 Å². The van der Waals surface area contributed by atoms with Gasteiger partial charge in [0.05, 0.1) is 0 Å². The zero-order chi connectivity index (χ0) is 12.4. The molecule has 1 nitrogen and oxygen atoms in total. The first-order valence-corrected chi connectivity index (χ1v) is 6.55. The first kappa shape index (κ1) is 12.6. The molecule has 1 fully saturated rings. The molecule has 94 valence electrons. The molecule has 3 unspecified atom stereocenters. The van der Waals surface area contributed by atoms with Gasteiger partial charge in [0, 0.05) is 6.04 Å². The molecule has 17 heavy (non-hydrogen) atoms. The summed E-state index contributed by atoms with van der Waals surface area (Å²) in [4.78, 5) is 0. The van der Waals surface area contributed by atoms with Gasteiger partial charge in [-0.05, 0) is 61.9 Å². The minimum Gasteiger partial charge on any atom is -0.313 e. The number of nitrogens with one attached hydrogen (secondary N) is 1. The molecule has 3 atom stereocenters. The average Bonchev–Trinajstić information content (AvgIpc) is 2.69. The van der Waals surface area contributed by atoms with Crippen LogP contribution < -0.4 is 5.32 Å². The Kier molecular flexibility index (Phi) is 3.82. The summed E-state index contributed by atoms with van der Waals surface area (Å²) in [7, 11) is 2.01. The number of hydrogen-bond donors (Lipinski definition) is 1. The van der Waals surface area contributed by atoms with Crippen molar-refractivity contribution in [3.05, 3.63) is 35.1 Å². The van der Waals surface area contributed by atoms with E-state index in [-0.39, 0.29) is 5.82 Å². The highest BCUT2D eigenvalue weighted by atomic mass is 19.1. The van der Waals surface area contributed by atoms with Crippen LogP contribution in [0.4, 0.5) is 4.39 Å². The second kappa shape index (κ2) is 5.18. The fourth-order valence-electron chi connectivity index (χ4n) is 3.19. The number of rotatable bonds is 3. The molecule has 0 radical (unpaired) electrons. The lowest BCUT2D eigenvalue weighted by atomic mass is 9.88. The van der Waals surface area contributed by atoms with Crippen LogP contribution in [0.2, 0.25) is 0 Å². The average molecular weight is 235 g/mol. The van der Waals surface area contributed by atoms with E-state index in [1.54, 1.807) is 12.1 Å². The zero-order valence-corrected chi connectivity index (χ0v) is 11.0. The van der Waals surface area contributed by atoms with E-state index in [0.717, 1.165) is 11.5 Å². The normalized spacial score (nSPS) is 26.1. The summed E-state index contributed by atoms with van der Waals surface area (Å²) in [5.74, 6) is 1.39. The molecular weight excluding hydrogens is 213 g/mol. The third kappa shape index (κ3) is 2.68. The molecule has 1 aromatic rings. The minimum atomic E-state index is -0.138. The van der Waals surface area contributed by atoms with E-state index in [2.05, 4.69) is 12.2 Å². The van der Waals surface area contributed by atoms with Crippen LogP contribution in [-0.2, 0) is 0 Å². The van der Waals surface area contributed by atoms with E-state index in [1.165, 1.54) is 24.8 Å². The number of halogens is 1. The maximum atomic E-state index is 13.1. The summed E-state index contributed by atoms with van der Waals surface area (Å²) in [6.07, 6.45) is 3.88. The van der Waals surface area contributed by atoms with E-state index in [0.29, 0.717) is 12.0 Å². The Morgan fingerprint density at radius 2 is 2.12 bits per heavy atom. The molecule has 0 saturated heterocycles. The molecule has 1 N–H and O–H groups in total. The van der Waals surface area contributed by atoms with Crippen LogP contribution in [0.5, 0.6) is 0 Å². The van der Waals surface area contributed by atoms with Gasteiger partial charge < -0.3 is 5.32 Å². The monoisotopic (exact) mass is 235 g/mol. The number of aryl methyl sites for hydroxylation is 1. The molecule has 1 aliphatic carbocycles. The number of benzene rings is 1. The first-order valence-electron chi connectivity index (χ1n) is 6.55. The molecule has 0 amide bonds. The summed E-state index contributed by atoms with van der Waals surface area (Å²) in [5.41, 5.74) is 2.32. The molecule has 2 rings (SSSR count). The Labute approximate surface area is 103 Å². The largest absolute Gasteiger partial charge is 0.313 e. The van der Waals surface area contributed by atoms with Gasteiger partial charge in [0.15, 0.2) is 0 Å². The summed E-state index contributed by atoms with van der Waals surface area (Å²) in [6, 6.07) is 5.53. The lowest BCUT2D eigenvalue weighted by Gasteiger charge is -2.25. The summed E-state index contributed by atoms with van der Waals surface area (Å²) >= 11 is 0. The molecule has 1 aromatic carbocycles. The van der Waals surface area contributed by atoms with Crippen LogP contribution in [0.3, 0.4) is 0 Å². The summed E-state index contributed by atoms with van der Waals surface area (Å²) in [5, 5.41) is 3.42. The van der Waals surface area contributed by atoms with Crippen molar-refractivity contribution in [1.29, 1.82) is 0 Å². The fraction of sp³-hybridized carbons (Fsp3) is 0.600. The van der Waals surface area contributed by atoms with Gasteiger partial charge in [-0.2, -0.15) is 0 Å². The van der Waals surface area contributed by atoms with Crippen molar-refractivity contribution in [1.82, 2.24) is 5.32 Å². The smallest absolute Gasteiger partial charge is 0.123 e. The van der Waals surface area contributed by atoms with Gasteiger partial charge in [-0.15, -0.1) is 0 Å². The highest BCUT2D eigenvalue weighted by molar-refractivity contribution is 5.30. The molecule has 0 heterocycles. The van der Waals surface area contributed by atoms with E-state index < -0.39 is 0 Å². The maximum Gasteiger partial charge on any atom is 0.123 e. The molecule has 2 heteroatoms. The third-order valence-electron chi connectivity index (χ3n) is 4.08. The molecule has 0 bridgehead atoms. The van der Waals surface area contributed by atoms with Crippen molar-refractivity contribution in [2.24, 2.45) is 11.8 Å². The van der Waals surface area contributed by atoms with E-state index >= 15 is 0 Å². The highest BCUT2D eigenvalue weighted by Gasteiger charge is 2.29. The zero-order valence-electron chi connectivity index (χ0n) is 11.0. The quantitative estimate of drug-likeness (QED) is 0.839. The third-order valence-corrected chi connectivity index (χ3v) is 4.08. The predicted molar refractivity (Wildman–Crippen MR) is 69.4 cm³/mol. The van der Waals surface area contributed by atoms with Crippen LogP contribution in [0, 0.1) is 24.6 Å². The van der Waals surface area contributed by atoms with E-state index in [4.69, 9.17) is 0 Å². The van der Waals surface area contributed by atoms with Crippen LogP contribution >= 0.6 is 0 Å². The van der Waals surface area contributed by atoms with Crippen molar-refractivity contribution in [3.8, 4) is 0 Å². The standard InChI is InChI=1S/C15H22FN/c1-10-4-5-12(8-10)15(17-3)14-7-6-13(16)9-11(14)2/h6-7,9-10,12,15,17H,4-5,8H2,1-3H3. The van der Waals surface area contributed by atoms with Gasteiger partial charge in [0.1, 0.15) is 5.82 Å². The molecule has 0 aliphatic heterocycles. The van der Waals surface area contributed by atoms with Gasteiger partial charge >= 0.3 is 0 Å². The van der Waals surface area contributed by atoms with Gasteiger partial charge in [0.2, 0.25) is 0 Å². The highest BCUT2D eigenvalue weighted by Crippen LogP contribution is 2.39. The Hall–Kier alpha value is -0.890. The first-order chi connectivity index (χ1) is 8.11. The van der Waals surface area contributed by atoms with Crippen LogP contribution in [-0.4, -0.2) is 7.05 Å². The molecule has 0 aromatic heterocycles. The van der Waals surface area contributed by atoms with Gasteiger partial charge in [0.25, 0.3) is 0 Å². The van der Waals surface area contributed by atoms with Crippen LogP contribution in [0.15, 0.2) is 18.2 Å². The van der Waals surface area contributed by atoms with Crippen molar-refractivity contribution < 1.29 is 4.39 Å². The molecular formula is C15H22FN. The Morgan fingerprint density at radius 3 is 2.65 bits per heavy atom. The summed E-state index contributed by atoms with van der Waals surface area (Å²) < 4.78 is 13.1. The van der Waals surface area contributed by atoms with Crippen LogP contribution in [0.25, 0.3) is 0 Å². The second-order valence-electron chi connectivity index (χ2n) is 5.45. The Balaban J connectivity index is 2.23. The van der Waals surface area contributed by atoms with Crippen molar-refractivity contribution in [3.63, 3.8) is 0 Å². The van der Waals surface area contributed by atoms with Crippen molar-refractivity contribution >= 4 is 0 Å². The van der Waals surface area contributed by atoms with E-state index in [1.807, 2.05) is 20.0 Å².